The van der Waals surface area contributed by atoms with E-state index in [-0.39, 0.29) is 6.10 Å². The van der Waals surface area contributed by atoms with Crippen LogP contribution in [0.1, 0.15) is 19.4 Å². The van der Waals surface area contributed by atoms with Crippen molar-refractivity contribution >= 4 is 11.8 Å². The van der Waals surface area contributed by atoms with E-state index < -0.39 is 0 Å². The Kier molecular flexibility index (Phi) is 6.23. The minimum absolute atomic E-state index is 0.0209. The summed E-state index contributed by atoms with van der Waals surface area (Å²) in [5.74, 6) is 0. The van der Waals surface area contributed by atoms with Crippen LogP contribution in [0.5, 0.6) is 0 Å². The van der Waals surface area contributed by atoms with Gasteiger partial charge in [0.2, 0.25) is 0 Å². The molecule has 0 aliphatic heterocycles. The first-order chi connectivity index (χ1) is 8.74. The quantitative estimate of drug-likeness (QED) is 0.678. The molecule has 0 spiro atoms. The molecule has 0 aromatic heterocycles. The Morgan fingerprint density at radius 2 is 1.83 bits per heavy atom. The molecule has 0 heterocycles. The van der Waals surface area contributed by atoms with Gasteiger partial charge >= 0.3 is 0 Å². The van der Waals surface area contributed by atoms with Gasteiger partial charge < -0.3 is 9.64 Å². The maximum Gasteiger partial charge on any atom is 0.0934 e. The van der Waals surface area contributed by atoms with Crippen molar-refractivity contribution in [2.75, 3.05) is 25.1 Å². The molecule has 0 saturated carbocycles. The number of methoxy groups -OCH3 is 1. The van der Waals surface area contributed by atoms with Crippen LogP contribution in [-0.4, -0.2) is 26.3 Å². The van der Waals surface area contributed by atoms with Gasteiger partial charge in [-0.2, -0.15) is 0 Å². The molecule has 2 heteroatoms. The van der Waals surface area contributed by atoms with Crippen LogP contribution in [-0.2, 0) is 4.74 Å². The van der Waals surface area contributed by atoms with Crippen LogP contribution in [0.15, 0.2) is 43.0 Å². The number of ether oxygens (including phenoxy) is 1. The van der Waals surface area contributed by atoms with Crippen molar-refractivity contribution in [1.29, 1.82) is 0 Å². The summed E-state index contributed by atoms with van der Waals surface area (Å²) in [6.45, 7) is 10.1. The van der Waals surface area contributed by atoms with Gasteiger partial charge in [0.05, 0.1) is 6.10 Å². The van der Waals surface area contributed by atoms with Crippen molar-refractivity contribution < 1.29 is 4.74 Å². The van der Waals surface area contributed by atoms with Crippen LogP contribution in [0, 0.1) is 0 Å². The maximum atomic E-state index is 5.20. The van der Waals surface area contributed by atoms with E-state index in [1.54, 1.807) is 13.2 Å². The van der Waals surface area contributed by atoms with Crippen LogP contribution >= 0.6 is 0 Å². The van der Waals surface area contributed by atoms with E-state index in [1.807, 2.05) is 6.08 Å². The summed E-state index contributed by atoms with van der Waals surface area (Å²) in [6, 6.07) is 8.56. The molecule has 0 fully saturated rings. The first kappa shape index (κ1) is 14.5. The molecule has 18 heavy (non-hydrogen) atoms. The third-order valence-corrected chi connectivity index (χ3v) is 3.00. The van der Waals surface area contributed by atoms with Crippen molar-refractivity contribution in [3.05, 3.63) is 48.6 Å². The Hall–Kier alpha value is -1.54. The Balaban J connectivity index is 2.73. The Bertz CT molecular complexity index is 377. The van der Waals surface area contributed by atoms with Gasteiger partial charge in [-0.05, 0) is 31.5 Å². The average molecular weight is 245 g/mol. The van der Waals surface area contributed by atoms with Crippen molar-refractivity contribution in [3.63, 3.8) is 0 Å². The molecule has 0 N–H and O–H groups in total. The molecule has 98 valence electrons. The zero-order valence-corrected chi connectivity index (χ0v) is 11.6. The summed E-state index contributed by atoms with van der Waals surface area (Å²) >= 11 is 0. The Labute approximate surface area is 111 Å². The van der Waals surface area contributed by atoms with Crippen LogP contribution in [0.4, 0.5) is 5.69 Å². The predicted octanol–water partition coefficient (Wildman–Crippen LogP) is 3.75. The van der Waals surface area contributed by atoms with Gasteiger partial charge in [0.25, 0.3) is 0 Å². The molecule has 0 bridgehead atoms. The lowest BCUT2D eigenvalue weighted by Crippen LogP contribution is -2.21. The highest BCUT2D eigenvalue weighted by Gasteiger charge is 2.00. The summed E-state index contributed by atoms with van der Waals surface area (Å²) in [6.07, 6.45) is 5.81. The first-order valence-electron chi connectivity index (χ1n) is 6.43. The van der Waals surface area contributed by atoms with E-state index in [0.717, 1.165) is 13.1 Å². The summed E-state index contributed by atoms with van der Waals surface area (Å²) < 4.78 is 5.20. The highest BCUT2D eigenvalue weighted by molar-refractivity contribution is 5.56. The van der Waals surface area contributed by atoms with E-state index in [2.05, 4.69) is 55.7 Å². The third-order valence-electron chi connectivity index (χ3n) is 3.00. The highest BCUT2D eigenvalue weighted by Crippen LogP contribution is 2.15. The Morgan fingerprint density at radius 3 is 2.28 bits per heavy atom. The van der Waals surface area contributed by atoms with E-state index in [0.29, 0.717) is 0 Å². The molecule has 0 amide bonds. The Morgan fingerprint density at radius 1 is 1.22 bits per heavy atom. The lowest BCUT2D eigenvalue weighted by atomic mass is 10.1. The summed E-state index contributed by atoms with van der Waals surface area (Å²) in [7, 11) is 1.68. The number of rotatable bonds is 7. The molecule has 1 unspecified atom stereocenters. The topological polar surface area (TPSA) is 12.5 Å². The monoisotopic (exact) mass is 245 g/mol. The zero-order chi connectivity index (χ0) is 13.4. The minimum Gasteiger partial charge on any atom is -0.373 e. The smallest absolute Gasteiger partial charge is 0.0934 e. The number of anilines is 1. The SMILES string of the molecule is C=CC(/C=C/c1ccc(N(CC)CC)cc1)OC. The molecule has 1 rings (SSSR count). The fourth-order valence-corrected chi connectivity index (χ4v) is 1.84. The standard InChI is InChI=1S/C16H23NO/c1-5-16(18-4)13-10-14-8-11-15(12-9-14)17(6-2)7-3/h5,8-13,16H,1,6-7H2,2-4H3/b13-10+. The zero-order valence-electron chi connectivity index (χ0n) is 11.6. The van der Waals surface area contributed by atoms with E-state index in [9.17, 15) is 0 Å². The van der Waals surface area contributed by atoms with Crippen LogP contribution in [0.2, 0.25) is 0 Å². The number of nitrogens with zero attached hydrogens (tertiary/aromatic N) is 1. The van der Waals surface area contributed by atoms with Crippen LogP contribution < -0.4 is 4.90 Å². The fourth-order valence-electron chi connectivity index (χ4n) is 1.84. The summed E-state index contributed by atoms with van der Waals surface area (Å²) in [5, 5.41) is 0. The molecule has 1 aromatic rings. The van der Waals surface area contributed by atoms with Crippen molar-refractivity contribution in [1.82, 2.24) is 0 Å². The van der Waals surface area contributed by atoms with Gasteiger partial charge in [0.15, 0.2) is 0 Å². The average Bonchev–Trinajstić information content (AvgIpc) is 2.43. The second kappa shape index (κ2) is 7.72. The lowest BCUT2D eigenvalue weighted by Gasteiger charge is -2.20. The normalized spacial score (nSPS) is 12.6. The maximum absolute atomic E-state index is 5.20. The van der Waals surface area contributed by atoms with E-state index in [1.165, 1.54) is 11.3 Å². The summed E-state index contributed by atoms with van der Waals surface area (Å²) in [4.78, 5) is 2.33. The molecule has 0 saturated heterocycles. The largest absolute Gasteiger partial charge is 0.373 e. The van der Waals surface area contributed by atoms with Gasteiger partial charge in [0, 0.05) is 25.9 Å². The number of hydrogen-bond donors (Lipinski definition) is 0. The first-order valence-corrected chi connectivity index (χ1v) is 6.43. The van der Waals surface area contributed by atoms with E-state index in [4.69, 9.17) is 4.74 Å². The minimum atomic E-state index is -0.0209. The lowest BCUT2D eigenvalue weighted by molar-refractivity contribution is 0.178. The third kappa shape index (κ3) is 4.04. The predicted molar refractivity (Wildman–Crippen MR) is 80.0 cm³/mol. The van der Waals surface area contributed by atoms with Gasteiger partial charge in [-0.25, -0.2) is 0 Å². The molecule has 1 atom stereocenters. The molecule has 0 radical (unpaired) electrons. The van der Waals surface area contributed by atoms with Crippen molar-refractivity contribution in [2.45, 2.75) is 20.0 Å². The second-order valence-electron chi connectivity index (χ2n) is 4.06. The summed E-state index contributed by atoms with van der Waals surface area (Å²) in [5.41, 5.74) is 2.44. The molecule has 0 aliphatic rings. The van der Waals surface area contributed by atoms with Gasteiger partial charge in [-0.3, -0.25) is 0 Å². The molecular formula is C16H23NO. The van der Waals surface area contributed by atoms with Gasteiger partial charge in [0.1, 0.15) is 0 Å². The highest BCUT2D eigenvalue weighted by atomic mass is 16.5. The molecule has 0 aliphatic carbocycles. The number of benzene rings is 1. The fraction of sp³-hybridized carbons (Fsp3) is 0.375. The van der Waals surface area contributed by atoms with Gasteiger partial charge in [-0.15, -0.1) is 6.58 Å². The number of hydrogen-bond acceptors (Lipinski definition) is 2. The molecule has 2 nitrogen and oxygen atoms in total. The second-order valence-corrected chi connectivity index (χ2v) is 4.06. The van der Waals surface area contributed by atoms with Crippen molar-refractivity contribution in [3.8, 4) is 0 Å². The van der Waals surface area contributed by atoms with Gasteiger partial charge in [-0.1, -0.05) is 30.4 Å². The molecule has 1 aromatic carbocycles. The van der Waals surface area contributed by atoms with Crippen LogP contribution in [0.25, 0.3) is 6.08 Å². The van der Waals surface area contributed by atoms with E-state index >= 15 is 0 Å². The van der Waals surface area contributed by atoms with Crippen molar-refractivity contribution in [2.24, 2.45) is 0 Å². The molecular weight excluding hydrogens is 222 g/mol. The van der Waals surface area contributed by atoms with Crippen LogP contribution in [0.3, 0.4) is 0 Å².